The van der Waals surface area contributed by atoms with Gasteiger partial charge in [0.15, 0.2) is 0 Å². The Hall–Kier alpha value is -7.94. The number of hydrogen-bond donors (Lipinski definition) is 0. The van der Waals surface area contributed by atoms with Crippen LogP contribution in [-0.2, 0) is 5.41 Å². The lowest BCUT2D eigenvalue weighted by molar-refractivity contribution is 0.662. The molecule has 63 heavy (non-hydrogen) atoms. The van der Waals surface area contributed by atoms with Crippen molar-refractivity contribution in [3.05, 3.63) is 236 Å². The highest BCUT2D eigenvalue weighted by molar-refractivity contribution is 6.06. The molecule has 1 aliphatic rings. The van der Waals surface area contributed by atoms with Crippen molar-refractivity contribution in [2.45, 2.75) is 19.3 Å². The van der Waals surface area contributed by atoms with Gasteiger partial charge < -0.3 is 9.32 Å². The first-order valence-electron chi connectivity index (χ1n) is 21.8. The molecule has 0 unspecified atom stereocenters. The van der Waals surface area contributed by atoms with E-state index < -0.39 is 0 Å². The fourth-order valence-corrected chi connectivity index (χ4v) is 10.3. The predicted molar refractivity (Wildman–Crippen MR) is 265 cm³/mol. The maximum Gasteiger partial charge on any atom is 0.136 e. The second-order valence-corrected chi connectivity index (χ2v) is 17.3. The van der Waals surface area contributed by atoms with Gasteiger partial charge in [0, 0.05) is 33.1 Å². The van der Waals surface area contributed by atoms with Crippen LogP contribution < -0.4 is 4.90 Å². The van der Waals surface area contributed by atoms with Crippen LogP contribution in [0.15, 0.2) is 229 Å². The standard InChI is InChI=1S/C61H43NO/c1-61(2)56-27-10-8-22-52(56)55-26-14-25-51(60(55)61)42-29-33-46(34-30-42)62(47-20-12-19-43(37-47)44-31-36-54-53-23-9-11-28-58(53)63-59(54)39-44)57-38-45(32-35-50(57)41-15-4-3-5-16-41)49-24-13-18-40-17-6-7-21-48(40)49/h3-39H,1-2H3. The molecule has 2 heteroatoms. The van der Waals surface area contributed by atoms with Gasteiger partial charge in [-0.05, 0) is 121 Å². The highest BCUT2D eigenvalue weighted by Crippen LogP contribution is 2.52. The quantitative estimate of drug-likeness (QED) is 0.160. The molecule has 1 heterocycles. The molecule has 12 rings (SSSR count). The second kappa shape index (κ2) is 14.6. The summed E-state index contributed by atoms with van der Waals surface area (Å²) < 4.78 is 6.38. The van der Waals surface area contributed by atoms with Gasteiger partial charge in [-0.3, -0.25) is 0 Å². The van der Waals surface area contributed by atoms with E-state index in [2.05, 4.69) is 231 Å². The molecule has 10 aromatic carbocycles. The predicted octanol–water partition coefficient (Wildman–Crippen LogP) is 17.2. The summed E-state index contributed by atoms with van der Waals surface area (Å²) in [6, 6.07) is 81.8. The lowest BCUT2D eigenvalue weighted by Crippen LogP contribution is -2.16. The molecule has 0 saturated carbocycles. The van der Waals surface area contributed by atoms with E-state index in [1.165, 1.54) is 49.7 Å². The molecule has 0 N–H and O–H groups in total. The van der Waals surface area contributed by atoms with Crippen LogP contribution in [0.1, 0.15) is 25.0 Å². The van der Waals surface area contributed by atoms with Crippen molar-refractivity contribution < 1.29 is 4.42 Å². The first-order valence-corrected chi connectivity index (χ1v) is 21.8. The maximum absolute atomic E-state index is 6.38. The highest BCUT2D eigenvalue weighted by Gasteiger charge is 2.37. The van der Waals surface area contributed by atoms with Crippen LogP contribution in [0, 0.1) is 0 Å². The first kappa shape index (κ1) is 36.9. The Labute approximate surface area is 368 Å². The van der Waals surface area contributed by atoms with E-state index in [0.29, 0.717) is 0 Å². The third-order valence-corrected chi connectivity index (χ3v) is 13.3. The van der Waals surface area contributed by atoms with Crippen molar-refractivity contribution in [2.75, 3.05) is 4.90 Å². The Morgan fingerprint density at radius 2 is 0.952 bits per heavy atom. The van der Waals surface area contributed by atoms with Crippen LogP contribution in [0.4, 0.5) is 17.1 Å². The molecule has 1 aliphatic carbocycles. The van der Waals surface area contributed by atoms with Crippen LogP contribution in [0.5, 0.6) is 0 Å². The molecule has 1 aromatic heterocycles. The lowest BCUT2D eigenvalue weighted by Gasteiger charge is -2.29. The zero-order valence-corrected chi connectivity index (χ0v) is 35.2. The van der Waals surface area contributed by atoms with Gasteiger partial charge in [-0.15, -0.1) is 0 Å². The van der Waals surface area contributed by atoms with Crippen molar-refractivity contribution in [2.24, 2.45) is 0 Å². The third-order valence-electron chi connectivity index (χ3n) is 13.3. The Morgan fingerprint density at radius 1 is 0.349 bits per heavy atom. The van der Waals surface area contributed by atoms with Gasteiger partial charge in [-0.1, -0.05) is 190 Å². The molecule has 0 amide bonds. The molecule has 0 spiro atoms. The summed E-state index contributed by atoms with van der Waals surface area (Å²) in [5, 5.41) is 4.72. The Kier molecular flexibility index (Phi) is 8.55. The van der Waals surface area contributed by atoms with Gasteiger partial charge in [-0.2, -0.15) is 0 Å². The van der Waals surface area contributed by atoms with Gasteiger partial charge in [0.25, 0.3) is 0 Å². The average molecular weight is 806 g/mol. The number of benzene rings is 10. The summed E-state index contributed by atoms with van der Waals surface area (Å²) in [5.41, 5.74) is 19.7. The second-order valence-electron chi connectivity index (χ2n) is 17.3. The molecule has 0 aliphatic heterocycles. The van der Waals surface area contributed by atoms with Crippen molar-refractivity contribution in [3.63, 3.8) is 0 Å². The monoisotopic (exact) mass is 805 g/mol. The third kappa shape index (κ3) is 6.09. The average Bonchev–Trinajstić information content (AvgIpc) is 3.83. The van der Waals surface area contributed by atoms with Crippen LogP contribution >= 0.6 is 0 Å². The van der Waals surface area contributed by atoms with Crippen LogP contribution in [0.3, 0.4) is 0 Å². The van der Waals surface area contributed by atoms with Crippen LogP contribution in [-0.4, -0.2) is 0 Å². The Morgan fingerprint density at radius 3 is 1.84 bits per heavy atom. The SMILES string of the molecule is CC1(C)c2ccccc2-c2cccc(-c3ccc(N(c4cccc(-c5ccc6c(c5)oc5ccccc56)c4)c4cc(-c5cccc6ccccc56)ccc4-c4ccccc4)cc3)c21. The molecule has 298 valence electrons. The van der Waals surface area contributed by atoms with E-state index in [9.17, 15) is 0 Å². The van der Waals surface area contributed by atoms with E-state index in [-0.39, 0.29) is 5.41 Å². The normalized spacial score (nSPS) is 12.7. The molecule has 11 aromatic rings. The largest absolute Gasteiger partial charge is 0.456 e. The van der Waals surface area contributed by atoms with Crippen molar-refractivity contribution in [1.82, 2.24) is 0 Å². The topological polar surface area (TPSA) is 16.4 Å². The molecule has 0 saturated heterocycles. The van der Waals surface area contributed by atoms with Gasteiger partial charge >= 0.3 is 0 Å². The van der Waals surface area contributed by atoms with E-state index in [4.69, 9.17) is 4.42 Å². The number of furan rings is 1. The molecule has 2 nitrogen and oxygen atoms in total. The Bertz CT molecular complexity index is 3530. The summed E-state index contributed by atoms with van der Waals surface area (Å²) in [5.74, 6) is 0. The molecule has 0 radical (unpaired) electrons. The summed E-state index contributed by atoms with van der Waals surface area (Å²) >= 11 is 0. The first-order chi connectivity index (χ1) is 31.0. The smallest absolute Gasteiger partial charge is 0.136 e. The molecule has 0 atom stereocenters. The number of fused-ring (bicyclic) bond motifs is 7. The van der Waals surface area contributed by atoms with E-state index in [1.807, 2.05) is 12.1 Å². The highest BCUT2D eigenvalue weighted by atomic mass is 16.3. The number of para-hydroxylation sites is 1. The molecule has 0 fully saturated rings. The summed E-state index contributed by atoms with van der Waals surface area (Å²) in [6.07, 6.45) is 0. The molecular formula is C61H43NO. The van der Waals surface area contributed by atoms with E-state index in [1.54, 1.807) is 0 Å². The molecule has 0 bridgehead atoms. The van der Waals surface area contributed by atoms with Crippen molar-refractivity contribution >= 4 is 49.8 Å². The van der Waals surface area contributed by atoms with E-state index in [0.717, 1.165) is 66.8 Å². The van der Waals surface area contributed by atoms with Crippen LogP contribution in [0.25, 0.3) is 88.3 Å². The van der Waals surface area contributed by atoms with Gasteiger partial charge in [0.1, 0.15) is 11.2 Å². The summed E-state index contributed by atoms with van der Waals surface area (Å²) in [4.78, 5) is 2.44. The fraction of sp³-hybridized carbons (Fsp3) is 0.0492. The van der Waals surface area contributed by atoms with Crippen molar-refractivity contribution in [3.8, 4) is 55.6 Å². The molecular weight excluding hydrogens is 763 g/mol. The maximum atomic E-state index is 6.38. The number of anilines is 3. The van der Waals surface area contributed by atoms with Gasteiger partial charge in [-0.25, -0.2) is 0 Å². The van der Waals surface area contributed by atoms with Crippen molar-refractivity contribution in [1.29, 1.82) is 0 Å². The number of nitrogens with zero attached hydrogens (tertiary/aromatic N) is 1. The van der Waals surface area contributed by atoms with E-state index >= 15 is 0 Å². The lowest BCUT2D eigenvalue weighted by atomic mass is 9.79. The minimum Gasteiger partial charge on any atom is -0.456 e. The zero-order chi connectivity index (χ0) is 42.1. The van der Waals surface area contributed by atoms with Gasteiger partial charge in [0.2, 0.25) is 0 Å². The van der Waals surface area contributed by atoms with Gasteiger partial charge in [0.05, 0.1) is 5.69 Å². The Balaban J connectivity index is 1.05. The zero-order valence-electron chi connectivity index (χ0n) is 35.2. The fourth-order valence-electron chi connectivity index (χ4n) is 10.3. The summed E-state index contributed by atoms with van der Waals surface area (Å²) in [6.45, 7) is 4.73. The van der Waals surface area contributed by atoms with Crippen LogP contribution in [0.2, 0.25) is 0 Å². The number of rotatable bonds is 7. The minimum atomic E-state index is -0.119. The minimum absolute atomic E-state index is 0.119. The summed E-state index contributed by atoms with van der Waals surface area (Å²) in [7, 11) is 0. The number of hydrogen-bond acceptors (Lipinski definition) is 2.